The molecule has 0 aliphatic heterocycles. The molecule has 1 heterocycles. The van der Waals surface area contributed by atoms with Crippen LogP contribution in [-0.4, -0.2) is 20.6 Å². The van der Waals surface area contributed by atoms with E-state index in [9.17, 15) is 0 Å². The van der Waals surface area contributed by atoms with Gasteiger partial charge in [-0.15, -0.1) is 5.10 Å². The molecular weight excluding hydrogens is 238 g/mol. The van der Waals surface area contributed by atoms with E-state index in [-0.39, 0.29) is 5.84 Å². The predicted octanol–water partition coefficient (Wildman–Crippen LogP) is 1.66. The fourth-order valence-corrected chi connectivity index (χ4v) is 1.65. The SMILES string of the molecule is N#Cc1cccc(N/C(=N/O)c2csnn2)c1. The number of benzene rings is 1. The molecule has 2 N–H and O–H groups in total. The smallest absolute Gasteiger partial charge is 0.198 e. The van der Waals surface area contributed by atoms with E-state index in [1.165, 1.54) is 0 Å². The van der Waals surface area contributed by atoms with Crippen molar-refractivity contribution in [1.29, 1.82) is 5.26 Å². The first-order valence-corrected chi connectivity index (χ1v) is 5.44. The van der Waals surface area contributed by atoms with Crippen LogP contribution in [0.1, 0.15) is 11.3 Å². The number of nitrogens with zero attached hydrogens (tertiary/aromatic N) is 4. The summed E-state index contributed by atoms with van der Waals surface area (Å²) < 4.78 is 3.67. The van der Waals surface area contributed by atoms with Crippen molar-refractivity contribution in [2.75, 3.05) is 5.32 Å². The van der Waals surface area contributed by atoms with E-state index in [1.54, 1.807) is 29.6 Å². The van der Waals surface area contributed by atoms with Gasteiger partial charge in [-0.2, -0.15) is 5.26 Å². The highest BCUT2D eigenvalue weighted by Gasteiger charge is 2.08. The minimum atomic E-state index is 0.189. The zero-order valence-electron chi connectivity index (χ0n) is 8.53. The number of amidine groups is 1. The van der Waals surface area contributed by atoms with Gasteiger partial charge in [0.05, 0.1) is 11.6 Å². The highest BCUT2D eigenvalue weighted by molar-refractivity contribution is 7.03. The predicted molar refractivity (Wildman–Crippen MR) is 63.0 cm³/mol. The molecule has 0 aliphatic carbocycles. The van der Waals surface area contributed by atoms with E-state index in [0.29, 0.717) is 16.9 Å². The second kappa shape index (κ2) is 5.05. The summed E-state index contributed by atoms with van der Waals surface area (Å²) in [6, 6.07) is 8.84. The lowest BCUT2D eigenvalue weighted by molar-refractivity contribution is 0.319. The number of hydrogen-bond donors (Lipinski definition) is 2. The van der Waals surface area contributed by atoms with Gasteiger partial charge in [-0.3, -0.25) is 0 Å². The van der Waals surface area contributed by atoms with Crippen LogP contribution in [0.25, 0.3) is 0 Å². The number of nitrogens with one attached hydrogen (secondary N) is 1. The molecule has 0 saturated heterocycles. The van der Waals surface area contributed by atoms with Crippen molar-refractivity contribution in [3.05, 3.63) is 40.9 Å². The van der Waals surface area contributed by atoms with Gasteiger partial charge in [0, 0.05) is 11.1 Å². The van der Waals surface area contributed by atoms with Crippen molar-refractivity contribution < 1.29 is 5.21 Å². The van der Waals surface area contributed by atoms with Crippen LogP contribution in [0.3, 0.4) is 0 Å². The Balaban J connectivity index is 2.23. The maximum Gasteiger partial charge on any atom is 0.198 e. The van der Waals surface area contributed by atoms with Crippen LogP contribution >= 0.6 is 11.5 Å². The third-order valence-corrected chi connectivity index (χ3v) is 2.46. The monoisotopic (exact) mass is 245 g/mol. The van der Waals surface area contributed by atoms with Crippen molar-refractivity contribution in [2.24, 2.45) is 5.16 Å². The Morgan fingerprint density at radius 2 is 2.41 bits per heavy atom. The number of oxime groups is 1. The van der Waals surface area contributed by atoms with E-state index in [0.717, 1.165) is 11.5 Å². The van der Waals surface area contributed by atoms with Gasteiger partial charge in [0.1, 0.15) is 5.69 Å². The van der Waals surface area contributed by atoms with Crippen LogP contribution in [-0.2, 0) is 0 Å². The Labute approximate surface area is 101 Å². The van der Waals surface area contributed by atoms with Gasteiger partial charge in [-0.1, -0.05) is 15.7 Å². The van der Waals surface area contributed by atoms with Gasteiger partial charge in [0.15, 0.2) is 5.84 Å². The number of hydrogen-bond acceptors (Lipinski definition) is 6. The molecule has 6 nitrogen and oxygen atoms in total. The lowest BCUT2D eigenvalue weighted by Crippen LogP contribution is -2.14. The second-order valence-corrected chi connectivity index (χ2v) is 3.67. The maximum atomic E-state index is 8.88. The van der Waals surface area contributed by atoms with E-state index in [4.69, 9.17) is 10.5 Å². The molecule has 0 amide bonds. The second-order valence-electron chi connectivity index (χ2n) is 3.06. The molecule has 2 aromatic rings. The molecule has 0 fully saturated rings. The third-order valence-electron chi connectivity index (χ3n) is 1.96. The molecule has 1 aromatic carbocycles. The average molecular weight is 245 g/mol. The van der Waals surface area contributed by atoms with Crippen LogP contribution in [0.4, 0.5) is 5.69 Å². The van der Waals surface area contributed by atoms with Gasteiger partial charge in [-0.05, 0) is 29.7 Å². The zero-order chi connectivity index (χ0) is 12.1. The molecule has 0 unspecified atom stereocenters. The van der Waals surface area contributed by atoms with Gasteiger partial charge in [0.25, 0.3) is 0 Å². The minimum Gasteiger partial charge on any atom is -0.409 e. The van der Waals surface area contributed by atoms with Gasteiger partial charge in [0.2, 0.25) is 0 Å². The summed E-state index contributed by atoms with van der Waals surface area (Å²) in [6.07, 6.45) is 0. The molecule has 0 radical (unpaired) electrons. The average Bonchev–Trinajstić information content (AvgIpc) is 2.90. The van der Waals surface area contributed by atoms with Crippen LogP contribution < -0.4 is 5.32 Å². The van der Waals surface area contributed by atoms with Crippen molar-refractivity contribution in [2.45, 2.75) is 0 Å². The Bertz CT molecular complexity index is 573. The summed E-state index contributed by atoms with van der Waals surface area (Å²) in [5, 5.41) is 29.0. The molecule has 17 heavy (non-hydrogen) atoms. The van der Waals surface area contributed by atoms with E-state index < -0.39 is 0 Å². The quantitative estimate of drug-likeness (QED) is 0.363. The Kier molecular flexibility index (Phi) is 3.28. The first kappa shape index (κ1) is 11.0. The van der Waals surface area contributed by atoms with E-state index in [1.807, 2.05) is 6.07 Å². The fraction of sp³-hybridized carbons (Fsp3) is 0. The Morgan fingerprint density at radius 1 is 1.53 bits per heavy atom. The Morgan fingerprint density at radius 3 is 3.06 bits per heavy atom. The number of rotatable bonds is 2. The van der Waals surface area contributed by atoms with E-state index in [2.05, 4.69) is 20.1 Å². The topological polar surface area (TPSA) is 94.2 Å². The van der Waals surface area contributed by atoms with Crippen molar-refractivity contribution in [1.82, 2.24) is 9.59 Å². The fourth-order valence-electron chi connectivity index (χ4n) is 1.21. The molecule has 1 aromatic heterocycles. The number of anilines is 1. The van der Waals surface area contributed by atoms with E-state index >= 15 is 0 Å². The van der Waals surface area contributed by atoms with Gasteiger partial charge < -0.3 is 10.5 Å². The number of aromatic nitrogens is 2. The van der Waals surface area contributed by atoms with Gasteiger partial charge >= 0.3 is 0 Å². The zero-order valence-corrected chi connectivity index (χ0v) is 9.35. The largest absolute Gasteiger partial charge is 0.409 e. The summed E-state index contributed by atoms with van der Waals surface area (Å²) in [6.45, 7) is 0. The summed E-state index contributed by atoms with van der Waals surface area (Å²) in [5.74, 6) is 0.189. The lowest BCUT2D eigenvalue weighted by Gasteiger charge is -2.05. The molecule has 0 spiro atoms. The van der Waals surface area contributed by atoms with Crippen molar-refractivity contribution >= 4 is 23.1 Å². The number of nitriles is 1. The maximum absolute atomic E-state index is 8.88. The summed E-state index contributed by atoms with van der Waals surface area (Å²) >= 11 is 1.16. The van der Waals surface area contributed by atoms with Crippen LogP contribution in [0, 0.1) is 11.3 Å². The first-order valence-electron chi connectivity index (χ1n) is 4.60. The van der Waals surface area contributed by atoms with Crippen LogP contribution in [0.5, 0.6) is 0 Å². The highest BCUT2D eigenvalue weighted by atomic mass is 32.1. The molecule has 0 aliphatic rings. The summed E-state index contributed by atoms with van der Waals surface area (Å²) in [5.41, 5.74) is 1.61. The lowest BCUT2D eigenvalue weighted by atomic mass is 10.2. The molecule has 0 saturated carbocycles. The summed E-state index contributed by atoms with van der Waals surface area (Å²) in [4.78, 5) is 0. The molecule has 0 atom stereocenters. The molecular formula is C10H7N5OS. The minimum absolute atomic E-state index is 0.189. The van der Waals surface area contributed by atoms with Crippen LogP contribution in [0.2, 0.25) is 0 Å². The van der Waals surface area contributed by atoms with Gasteiger partial charge in [-0.25, -0.2) is 0 Å². The molecule has 84 valence electrons. The molecule has 2 rings (SSSR count). The standard InChI is InChI=1S/C10H7N5OS/c11-5-7-2-1-3-8(4-7)12-10(14-16)9-6-17-15-13-9/h1-4,6,16H,(H,12,14). The Hall–Kier alpha value is -2.46. The third kappa shape index (κ3) is 2.56. The molecule has 0 bridgehead atoms. The summed E-state index contributed by atoms with van der Waals surface area (Å²) in [7, 11) is 0. The van der Waals surface area contributed by atoms with Crippen molar-refractivity contribution in [3.63, 3.8) is 0 Å². The highest BCUT2D eigenvalue weighted by Crippen LogP contribution is 2.11. The first-order chi connectivity index (χ1) is 8.33. The van der Waals surface area contributed by atoms with Crippen molar-refractivity contribution in [3.8, 4) is 6.07 Å². The molecule has 7 heteroatoms. The van der Waals surface area contributed by atoms with Crippen LogP contribution in [0.15, 0.2) is 34.8 Å². The normalized spacial score (nSPS) is 10.9.